The minimum absolute atomic E-state index is 0.849. The summed E-state index contributed by atoms with van der Waals surface area (Å²) in [5, 5.41) is 3.43. The van der Waals surface area contributed by atoms with E-state index in [-0.39, 0.29) is 0 Å². The number of hydrogen-bond donors (Lipinski definition) is 1. The van der Waals surface area contributed by atoms with E-state index < -0.39 is 0 Å². The van der Waals surface area contributed by atoms with Gasteiger partial charge in [-0.05, 0) is 49.2 Å². The minimum atomic E-state index is 0.849. The van der Waals surface area contributed by atoms with Gasteiger partial charge in [-0.1, -0.05) is 18.2 Å². The van der Waals surface area contributed by atoms with Crippen molar-refractivity contribution in [3.8, 4) is 0 Å². The van der Waals surface area contributed by atoms with Gasteiger partial charge < -0.3 is 10.2 Å². The Balaban J connectivity index is 2.04. The molecule has 1 aliphatic heterocycles. The zero-order valence-electron chi connectivity index (χ0n) is 10.2. The topological polar surface area (TPSA) is 15.3 Å². The van der Waals surface area contributed by atoms with Gasteiger partial charge in [0, 0.05) is 5.69 Å². The van der Waals surface area contributed by atoms with Gasteiger partial charge in [0.15, 0.2) is 0 Å². The van der Waals surface area contributed by atoms with Crippen molar-refractivity contribution in [2.75, 3.05) is 16.9 Å². The number of fused-ring (bicyclic) bond motifs is 1. The summed E-state index contributed by atoms with van der Waals surface area (Å²) in [6, 6.07) is 15.2. The monoisotopic (exact) mass is 224 g/mol. The minimum Gasteiger partial charge on any atom is -0.366 e. The van der Waals surface area contributed by atoms with Crippen LogP contribution in [0.5, 0.6) is 0 Å². The molecule has 0 radical (unpaired) electrons. The number of nitrogens with zero attached hydrogens (tertiary/aromatic N) is 1. The van der Waals surface area contributed by atoms with Crippen molar-refractivity contribution < 1.29 is 0 Å². The van der Waals surface area contributed by atoms with Gasteiger partial charge in [0.05, 0.1) is 18.0 Å². The van der Waals surface area contributed by atoms with Crippen LogP contribution >= 0.6 is 0 Å². The van der Waals surface area contributed by atoms with Crippen LogP contribution in [0.3, 0.4) is 0 Å². The number of benzene rings is 2. The molecule has 1 heterocycles. The van der Waals surface area contributed by atoms with Gasteiger partial charge in [-0.3, -0.25) is 0 Å². The second-order valence-corrected chi connectivity index (χ2v) is 4.62. The molecule has 0 unspecified atom stereocenters. The standard InChI is InChI=1S/C15H16N2/c1-11-4-3-5-13(8-11)17-10-16-14-9-12(2)6-7-15(14)17/h3-9,16H,10H2,1-2H3. The fourth-order valence-electron chi connectivity index (χ4n) is 2.30. The molecule has 2 aromatic rings. The molecule has 17 heavy (non-hydrogen) atoms. The summed E-state index contributed by atoms with van der Waals surface area (Å²) >= 11 is 0. The van der Waals surface area contributed by atoms with Crippen molar-refractivity contribution in [3.05, 3.63) is 53.6 Å². The highest BCUT2D eigenvalue weighted by Gasteiger charge is 2.19. The number of hydrogen-bond acceptors (Lipinski definition) is 2. The van der Waals surface area contributed by atoms with Crippen LogP contribution < -0.4 is 10.2 Å². The third kappa shape index (κ3) is 1.76. The molecule has 3 rings (SSSR count). The molecule has 0 saturated carbocycles. The molecule has 0 aromatic heterocycles. The third-order valence-electron chi connectivity index (χ3n) is 3.18. The molecule has 0 atom stereocenters. The summed E-state index contributed by atoms with van der Waals surface area (Å²) in [5.74, 6) is 0. The van der Waals surface area contributed by atoms with E-state index in [4.69, 9.17) is 0 Å². The fraction of sp³-hybridized carbons (Fsp3) is 0.200. The van der Waals surface area contributed by atoms with Gasteiger partial charge in [-0.15, -0.1) is 0 Å². The maximum absolute atomic E-state index is 3.43. The van der Waals surface area contributed by atoms with E-state index in [1.54, 1.807) is 0 Å². The SMILES string of the molecule is Cc1cccc(N2CNc3cc(C)ccc32)c1. The zero-order valence-corrected chi connectivity index (χ0v) is 10.2. The average Bonchev–Trinajstić information content (AvgIpc) is 2.71. The highest BCUT2D eigenvalue weighted by Crippen LogP contribution is 2.37. The molecule has 0 aliphatic carbocycles. The molecule has 1 N–H and O–H groups in total. The summed E-state index contributed by atoms with van der Waals surface area (Å²) in [7, 11) is 0. The molecule has 86 valence electrons. The Labute approximate surface area is 102 Å². The molecule has 0 bridgehead atoms. The zero-order chi connectivity index (χ0) is 11.8. The number of anilines is 3. The highest BCUT2D eigenvalue weighted by atomic mass is 15.3. The molecule has 0 spiro atoms. The van der Waals surface area contributed by atoms with Gasteiger partial charge in [-0.25, -0.2) is 0 Å². The summed E-state index contributed by atoms with van der Waals surface area (Å²) in [6.07, 6.45) is 0. The van der Waals surface area contributed by atoms with Gasteiger partial charge in [-0.2, -0.15) is 0 Å². The predicted octanol–water partition coefficient (Wildman–Crippen LogP) is 3.82. The van der Waals surface area contributed by atoms with Crippen molar-refractivity contribution in [2.24, 2.45) is 0 Å². The first-order valence-electron chi connectivity index (χ1n) is 5.93. The molecule has 0 saturated heterocycles. The molecular weight excluding hydrogens is 208 g/mol. The second kappa shape index (κ2) is 3.81. The Hall–Kier alpha value is -1.96. The van der Waals surface area contributed by atoms with Crippen LogP contribution in [-0.2, 0) is 0 Å². The average molecular weight is 224 g/mol. The van der Waals surface area contributed by atoms with E-state index in [2.05, 4.69) is 66.5 Å². The van der Waals surface area contributed by atoms with Crippen LogP contribution in [0, 0.1) is 13.8 Å². The first-order valence-corrected chi connectivity index (χ1v) is 5.93. The predicted molar refractivity (Wildman–Crippen MR) is 73.0 cm³/mol. The Morgan fingerprint density at radius 1 is 1.00 bits per heavy atom. The molecule has 2 aromatic carbocycles. The van der Waals surface area contributed by atoms with Crippen LogP contribution in [-0.4, -0.2) is 6.67 Å². The van der Waals surface area contributed by atoms with Crippen molar-refractivity contribution in [1.82, 2.24) is 0 Å². The van der Waals surface area contributed by atoms with Crippen molar-refractivity contribution in [1.29, 1.82) is 0 Å². The first-order chi connectivity index (χ1) is 8.24. The van der Waals surface area contributed by atoms with Gasteiger partial charge in [0.25, 0.3) is 0 Å². The number of aryl methyl sites for hydroxylation is 2. The Bertz CT molecular complexity index is 561. The van der Waals surface area contributed by atoms with E-state index in [0.29, 0.717) is 0 Å². The second-order valence-electron chi connectivity index (χ2n) is 4.62. The van der Waals surface area contributed by atoms with Crippen LogP contribution in [0.1, 0.15) is 11.1 Å². The van der Waals surface area contributed by atoms with E-state index >= 15 is 0 Å². The van der Waals surface area contributed by atoms with Gasteiger partial charge >= 0.3 is 0 Å². The van der Waals surface area contributed by atoms with Gasteiger partial charge in [0.1, 0.15) is 0 Å². The summed E-state index contributed by atoms with van der Waals surface area (Å²) in [5.41, 5.74) is 6.33. The Kier molecular flexibility index (Phi) is 2.29. The van der Waals surface area contributed by atoms with Gasteiger partial charge in [0.2, 0.25) is 0 Å². The summed E-state index contributed by atoms with van der Waals surface area (Å²) in [6.45, 7) is 5.10. The Morgan fingerprint density at radius 2 is 1.82 bits per heavy atom. The number of nitrogens with one attached hydrogen (secondary N) is 1. The molecule has 2 heteroatoms. The van der Waals surface area contributed by atoms with Crippen molar-refractivity contribution in [3.63, 3.8) is 0 Å². The maximum atomic E-state index is 3.43. The largest absolute Gasteiger partial charge is 0.366 e. The maximum Gasteiger partial charge on any atom is 0.0926 e. The lowest BCUT2D eigenvalue weighted by atomic mass is 10.1. The van der Waals surface area contributed by atoms with Crippen LogP contribution in [0.4, 0.5) is 17.1 Å². The van der Waals surface area contributed by atoms with E-state index in [0.717, 1.165) is 6.67 Å². The molecule has 2 nitrogen and oxygen atoms in total. The lowest BCUT2D eigenvalue weighted by Crippen LogP contribution is -2.16. The van der Waals surface area contributed by atoms with E-state index in [1.807, 2.05) is 0 Å². The third-order valence-corrected chi connectivity index (χ3v) is 3.18. The normalized spacial score (nSPS) is 13.4. The first kappa shape index (κ1) is 10.2. The van der Waals surface area contributed by atoms with Crippen molar-refractivity contribution in [2.45, 2.75) is 13.8 Å². The smallest absolute Gasteiger partial charge is 0.0926 e. The lowest BCUT2D eigenvalue weighted by molar-refractivity contribution is 1.09. The molecule has 0 fully saturated rings. The van der Waals surface area contributed by atoms with Crippen LogP contribution in [0.2, 0.25) is 0 Å². The molecule has 0 amide bonds. The summed E-state index contributed by atoms with van der Waals surface area (Å²) in [4.78, 5) is 2.31. The quantitative estimate of drug-likeness (QED) is 0.792. The van der Waals surface area contributed by atoms with Crippen LogP contribution in [0.25, 0.3) is 0 Å². The van der Waals surface area contributed by atoms with E-state index in [9.17, 15) is 0 Å². The van der Waals surface area contributed by atoms with Crippen molar-refractivity contribution >= 4 is 17.1 Å². The molecular formula is C15H16N2. The van der Waals surface area contributed by atoms with Crippen LogP contribution in [0.15, 0.2) is 42.5 Å². The lowest BCUT2D eigenvalue weighted by Gasteiger charge is -2.18. The number of rotatable bonds is 1. The molecule has 1 aliphatic rings. The fourth-order valence-corrected chi connectivity index (χ4v) is 2.30. The highest BCUT2D eigenvalue weighted by molar-refractivity contribution is 5.81. The Morgan fingerprint density at radius 3 is 2.65 bits per heavy atom. The van der Waals surface area contributed by atoms with E-state index in [1.165, 1.54) is 28.2 Å². The summed E-state index contributed by atoms with van der Waals surface area (Å²) < 4.78 is 0.